The lowest BCUT2D eigenvalue weighted by Crippen LogP contribution is -2.43. The maximum Gasteiger partial charge on any atom is 0.260 e. The fourth-order valence-corrected chi connectivity index (χ4v) is 3.20. The van der Waals surface area contributed by atoms with Gasteiger partial charge in [-0.3, -0.25) is 4.79 Å². The molecule has 9 nitrogen and oxygen atoms in total. The number of likely N-dealkylation sites (tertiary alicyclic amines) is 1. The van der Waals surface area contributed by atoms with Crippen LogP contribution in [0.2, 0.25) is 0 Å². The second kappa shape index (κ2) is 9.25. The van der Waals surface area contributed by atoms with Gasteiger partial charge in [-0.1, -0.05) is 0 Å². The van der Waals surface area contributed by atoms with Crippen LogP contribution in [0, 0.1) is 0 Å². The Morgan fingerprint density at radius 1 is 1.07 bits per heavy atom. The van der Waals surface area contributed by atoms with Gasteiger partial charge in [-0.25, -0.2) is 4.68 Å². The molecule has 1 amide bonds. The first-order chi connectivity index (χ1) is 14.7. The average molecular weight is 409 g/mol. The number of ether oxygens (including phenoxy) is 3. The number of carbonyl (C=O) groups excluding carboxylic acids is 1. The molecule has 0 unspecified atom stereocenters. The van der Waals surface area contributed by atoms with Gasteiger partial charge in [0.05, 0.1) is 7.11 Å². The summed E-state index contributed by atoms with van der Waals surface area (Å²) in [5.41, 5.74) is 0. The normalized spacial score (nSPS) is 14.4. The highest BCUT2D eigenvalue weighted by Crippen LogP contribution is 2.19. The van der Waals surface area contributed by atoms with Crippen LogP contribution in [0.3, 0.4) is 0 Å². The zero-order chi connectivity index (χ0) is 20.8. The Bertz CT molecular complexity index is 937. The number of benzene rings is 1. The van der Waals surface area contributed by atoms with E-state index in [0.717, 1.165) is 18.6 Å². The van der Waals surface area contributed by atoms with Gasteiger partial charge in [0, 0.05) is 44.4 Å². The van der Waals surface area contributed by atoms with Crippen molar-refractivity contribution in [2.45, 2.75) is 18.9 Å². The lowest BCUT2D eigenvalue weighted by Gasteiger charge is -2.31. The molecular weight excluding hydrogens is 386 g/mol. The van der Waals surface area contributed by atoms with E-state index in [0.29, 0.717) is 30.5 Å². The van der Waals surface area contributed by atoms with Gasteiger partial charge in [-0.2, -0.15) is 5.10 Å². The quantitative estimate of drug-likeness (QED) is 0.590. The van der Waals surface area contributed by atoms with Gasteiger partial charge in [0.25, 0.3) is 5.91 Å². The van der Waals surface area contributed by atoms with Crippen LogP contribution in [0.5, 0.6) is 17.4 Å². The highest BCUT2D eigenvalue weighted by atomic mass is 16.5. The molecule has 156 valence electrons. The third-order valence-electron chi connectivity index (χ3n) is 4.87. The van der Waals surface area contributed by atoms with Crippen LogP contribution in [-0.2, 0) is 4.79 Å². The van der Waals surface area contributed by atoms with Crippen LogP contribution in [0.1, 0.15) is 12.8 Å². The van der Waals surface area contributed by atoms with Crippen molar-refractivity contribution in [3.63, 3.8) is 0 Å². The zero-order valence-corrected chi connectivity index (χ0v) is 16.7. The molecule has 0 bridgehead atoms. The zero-order valence-electron chi connectivity index (χ0n) is 16.7. The van der Waals surface area contributed by atoms with Crippen molar-refractivity contribution in [3.8, 4) is 23.2 Å². The molecule has 0 atom stereocenters. The van der Waals surface area contributed by atoms with Crippen LogP contribution >= 0.6 is 0 Å². The minimum absolute atomic E-state index is 0.00131. The number of nitrogens with zero attached hydrogens (tertiary/aromatic N) is 5. The first-order valence-corrected chi connectivity index (χ1v) is 9.76. The van der Waals surface area contributed by atoms with Crippen LogP contribution in [0.15, 0.2) is 54.9 Å². The molecule has 0 saturated carbocycles. The second-order valence-electron chi connectivity index (χ2n) is 6.84. The highest BCUT2D eigenvalue weighted by Gasteiger charge is 2.24. The third-order valence-corrected chi connectivity index (χ3v) is 4.87. The van der Waals surface area contributed by atoms with Gasteiger partial charge < -0.3 is 19.1 Å². The van der Waals surface area contributed by atoms with E-state index in [-0.39, 0.29) is 18.6 Å². The van der Waals surface area contributed by atoms with E-state index in [9.17, 15) is 4.79 Å². The molecule has 1 aliphatic rings. The molecule has 0 spiro atoms. The van der Waals surface area contributed by atoms with E-state index in [1.54, 1.807) is 59.4 Å². The van der Waals surface area contributed by atoms with Crippen molar-refractivity contribution in [1.29, 1.82) is 0 Å². The largest absolute Gasteiger partial charge is 0.497 e. The van der Waals surface area contributed by atoms with Crippen molar-refractivity contribution >= 4 is 5.91 Å². The summed E-state index contributed by atoms with van der Waals surface area (Å²) in [4.78, 5) is 14.2. The van der Waals surface area contributed by atoms with Crippen molar-refractivity contribution in [1.82, 2.24) is 24.9 Å². The summed E-state index contributed by atoms with van der Waals surface area (Å²) in [6, 6.07) is 12.6. The third kappa shape index (κ3) is 4.86. The van der Waals surface area contributed by atoms with Gasteiger partial charge >= 0.3 is 0 Å². The summed E-state index contributed by atoms with van der Waals surface area (Å²) < 4.78 is 18.2. The number of hydrogen-bond acceptors (Lipinski definition) is 7. The van der Waals surface area contributed by atoms with Crippen molar-refractivity contribution in [2.24, 2.45) is 0 Å². The summed E-state index contributed by atoms with van der Waals surface area (Å²) in [6.45, 7) is 1.25. The number of piperidine rings is 1. The maximum absolute atomic E-state index is 12.4. The number of aromatic nitrogens is 4. The van der Waals surface area contributed by atoms with E-state index in [1.165, 1.54) is 0 Å². The molecule has 0 N–H and O–H groups in total. The fraction of sp³-hybridized carbons (Fsp3) is 0.333. The number of methoxy groups -OCH3 is 1. The summed E-state index contributed by atoms with van der Waals surface area (Å²) >= 11 is 0. The van der Waals surface area contributed by atoms with E-state index in [2.05, 4.69) is 15.3 Å². The maximum atomic E-state index is 12.4. The Morgan fingerprint density at radius 3 is 2.47 bits per heavy atom. The van der Waals surface area contributed by atoms with E-state index in [1.807, 2.05) is 12.1 Å². The minimum atomic E-state index is -0.0346. The Hall–Kier alpha value is -3.62. The number of carbonyl (C=O) groups is 1. The summed E-state index contributed by atoms with van der Waals surface area (Å²) in [5, 5.41) is 12.4. The molecule has 2 aromatic heterocycles. The average Bonchev–Trinajstić information content (AvgIpc) is 3.34. The van der Waals surface area contributed by atoms with Gasteiger partial charge in [-0.15, -0.1) is 10.2 Å². The molecular formula is C21H23N5O4. The minimum Gasteiger partial charge on any atom is -0.497 e. The van der Waals surface area contributed by atoms with Crippen LogP contribution < -0.4 is 14.2 Å². The Balaban J connectivity index is 1.21. The molecule has 30 heavy (non-hydrogen) atoms. The van der Waals surface area contributed by atoms with Crippen molar-refractivity contribution in [3.05, 3.63) is 54.9 Å². The number of hydrogen-bond donors (Lipinski definition) is 0. The first-order valence-electron chi connectivity index (χ1n) is 9.76. The highest BCUT2D eigenvalue weighted by molar-refractivity contribution is 5.77. The lowest BCUT2D eigenvalue weighted by molar-refractivity contribution is -0.135. The van der Waals surface area contributed by atoms with Crippen molar-refractivity contribution < 1.29 is 19.0 Å². The molecule has 1 aliphatic heterocycles. The number of rotatable bonds is 7. The topological polar surface area (TPSA) is 91.6 Å². The van der Waals surface area contributed by atoms with Gasteiger partial charge in [0.2, 0.25) is 5.88 Å². The summed E-state index contributed by atoms with van der Waals surface area (Å²) in [7, 11) is 1.61. The van der Waals surface area contributed by atoms with Crippen LogP contribution in [-0.4, -0.2) is 63.7 Å². The predicted octanol–water partition coefficient (Wildman–Crippen LogP) is 2.12. The molecule has 3 aromatic rings. The molecule has 0 aliphatic carbocycles. The predicted molar refractivity (Wildman–Crippen MR) is 108 cm³/mol. The number of amides is 1. The van der Waals surface area contributed by atoms with Gasteiger partial charge in [-0.05, 0) is 36.4 Å². The van der Waals surface area contributed by atoms with Crippen LogP contribution in [0.25, 0.3) is 5.82 Å². The van der Waals surface area contributed by atoms with Gasteiger partial charge in [0.15, 0.2) is 12.4 Å². The molecule has 4 rings (SSSR count). The molecule has 3 heterocycles. The molecule has 1 saturated heterocycles. The molecule has 1 fully saturated rings. The Morgan fingerprint density at radius 2 is 1.83 bits per heavy atom. The smallest absolute Gasteiger partial charge is 0.260 e. The van der Waals surface area contributed by atoms with Crippen LogP contribution in [0.4, 0.5) is 0 Å². The van der Waals surface area contributed by atoms with E-state index >= 15 is 0 Å². The lowest BCUT2D eigenvalue weighted by atomic mass is 10.1. The SMILES string of the molecule is COc1ccc(OCC(=O)N2CCC(Oc3ccc(-n4cccn4)nn3)CC2)cc1. The van der Waals surface area contributed by atoms with E-state index < -0.39 is 0 Å². The Labute approximate surface area is 174 Å². The van der Waals surface area contributed by atoms with E-state index in [4.69, 9.17) is 14.2 Å². The standard InChI is InChI=1S/C21H23N5O4/c1-28-16-3-5-17(6-4-16)29-15-21(27)25-13-9-18(10-14-25)30-20-8-7-19(23-24-20)26-12-2-11-22-26/h2-8,11-12,18H,9-10,13-15H2,1H3. The van der Waals surface area contributed by atoms with Crippen molar-refractivity contribution in [2.75, 3.05) is 26.8 Å². The molecule has 9 heteroatoms. The second-order valence-corrected chi connectivity index (χ2v) is 6.84. The summed E-state index contributed by atoms with van der Waals surface area (Å²) in [5.74, 6) is 2.45. The Kier molecular flexibility index (Phi) is 6.07. The summed E-state index contributed by atoms with van der Waals surface area (Å²) in [6.07, 6.45) is 4.95. The monoisotopic (exact) mass is 409 g/mol. The first kappa shape index (κ1) is 19.7. The fourth-order valence-electron chi connectivity index (χ4n) is 3.20. The molecule has 0 radical (unpaired) electrons. The molecule has 1 aromatic carbocycles. The van der Waals surface area contributed by atoms with Gasteiger partial charge in [0.1, 0.15) is 17.6 Å².